The molecule has 128 valence electrons. The van der Waals surface area contributed by atoms with Gasteiger partial charge in [-0.05, 0) is 22.0 Å². The Hall–Kier alpha value is -2.29. The molecule has 0 spiro atoms. The molecule has 0 heterocycles. The van der Waals surface area contributed by atoms with Crippen LogP contribution in [0.1, 0.15) is 63.0 Å². The van der Waals surface area contributed by atoms with Gasteiger partial charge in [0.25, 0.3) is 0 Å². The van der Waals surface area contributed by atoms with Gasteiger partial charge in [0.1, 0.15) is 11.3 Å². The Morgan fingerprint density at radius 1 is 0.875 bits per heavy atom. The van der Waals surface area contributed by atoms with Gasteiger partial charge in [-0.25, -0.2) is 4.79 Å². The first-order valence-electron chi connectivity index (χ1n) is 8.14. The maximum absolute atomic E-state index is 12.0. The number of aromatic carboxylic acids is 1. The number of aromatic hydroxyl groups is 1. The molecule has 2 aromatic carbocycles. The maximum Gasteiger partial charge on any atom is 0.340 e. The molecule has 0 bridgehead atoms. The molecule has 0 atom stereocenters. The lowest BCUT2D eigenvalue weighted by molar-refractivity contribution is 0.0694. The number of hydrogen-bond donors (Lipinski definition) is 2. The summed E-state index contributed by atoms with van der Waals surface area (Å²) in [5, 5.41) is 20.6. The van der Waals surface area contributed by atoms with E-state index in [0.717, 1.165) is 11.1 Å². The molecule has 2 rings (SSSR count). The smallest absolute Gasteiger partial charge is 0.340 e. The summed E-state index contributed by atoms with van der Waals surface area (Å²) < 4.78 is 0. The van der Waals surface area contributed by atoms with Gasteiger partial charge in [0, 0.05) is 11.1 Å². The SMILES string of the molecule is CC(C)(C)c1cc(C(C)(C)C)c(-c2ccccc2)c(C(=O)O)c1O. The number of carboxylic acids is 1. The lowest BCUT2D eigenvalue weighted by Gasteiger charge is -2.30. The fraction of sp³-hybridized carbons (Fsp3) is 0.381. The number of carbonyl (C=O) groups is 1. The summed E-state index contributed by atoms with van der Waals surface area (Å²) in [4.78, 5) is 12.0. The van der Waals surface area contributed by atoms with Crippen LogP contribution in [0.15, 0.2) is 36.4 Å². The molecule has 0 unspecified atom stereocenters. The van der Waals surface area contributed by atoms with Gasteiger partial charge in [0.2, 0.25) is 0 Å². The predicted molar refractivity (Wildman–Crippen MR) is 97.9 cm³/mol. The van der Waals surface area contributed by atoms with Gasteiger partial charge in [0.05, 0.1) is 0 Å². The Kier molecular flexibility index (Phi) is 4.49. The third-order valence-corrected chi connectivity index (χ3v) is 4.19. The fourth-order valence-corrected chi connectivity index (χ4v) is 2.95. The summed E-state index contributed by atoms with van der Waals surface area (Å²) in [5.41, 5.74) is 2.35. The Morgan fingerprint density at radius 2 is 1.38 bits per heavy atom. The summed E-state index contributed by atoms with van der Waals surface area (Å²) in [7, 11) is 0. The number of phenols is 1. The number of rotatable bonds is 2. The molecule has 0 aromatic heterocycles. The standard InChI is InChI=1S/C21H26O3/c1-20(2,3)14-12-15(21(4,5)6)18(22)17(19(23)24)16(14)13-10-8-7-9-11-13/h7-12,22H,1-6H3,(H,23,24). The van der Waals surface area contributed by atoms with Gasteiger partial charge < -0.3 is 10.2 Å². The van der Waals surface area contributed by atoms with Crippen molar-refractivity contribution in [1.82, 2.24) is 0 Å². The predicted octanol–water partition coefficient (Wildman–Crippen LogP) is 5.35. The highest BCUT2D eigenvalue weighted by atomic mass is 16.4. The minimum Gasteiger partial charge on any atom is -0.507 e. The Morgan fingerprint density at radius 3 is 1.79 bits per heavy atom. The zero-order valence-electron chi connectivity index (χ0n) is 15.3. The molecule has 2 aromatic rings. The van der Waals surface area contributed by atoms with Crippen LogP contribution in [-0.4, -0.2) is 16.2 Å². The highest BCUT2D eigenvalue weighted by Crippen LogP contribution is 2.44. The molecule has 3 nitrogen and oxygen atoms in total. The van der Waals surface area contributed by atoms with Crippen molar-refractivity contribution in [2.75, 3.05) is 0 Å². The summed E-state index contributed by atoms with van der Waals surface area (Å²) in [6.45, 7) is 12.1. The van der Waals surface area contributed by atoms with Crippen molar-refractivity contribution in [3.63, 3.8) is 0 Å². The van der Waals surface area contributed by atoms with Crippen molar-refractivity contribution in [1.29, 1.82) is 0 Å². The molecule has 0 aliphatic carbocycles. The average molecular weight is 326 g/mol. The van der Waals surface area contributed by atoms with Gasteiger partial charge in [-0.1, -0.05) is 77.9 Å². The van der Waals surface area contributed by atoms with Crippen LogP contribution in [0.3, 0.4) is 0 Å². The Bertz CT molecular complexity index is 760. The van der Waals surface area contributed by atoms with Crippen LogP contribution >= 0.6 is 0 Å². The molecule has 0 saturated heterocycles. The van der Waals surface area contributed by atoms with E-state index in [1.54, 1.807) is 0 Å². The third kappa shape index (κ3) is 3.30. The number of carboxylic acid groups (broad SMARTS) is 1. The highest BCUT2D eigenvalue weighted by Gasteiger charge is 2.31. The summed E-state index contributed by atoms with van der Waals surface area (Å²) in [6, 6.07) is 11.4. The summed E-state index contributed by atoms with van der Waals surface area (Å²) in [5.74, 6) is -1.25. The molecule has 3 heteroatoms. The molecular formula is C21H26O3. The first-order valence-corrected chi connectivity index (χ1v) is 8.14. The first kappa shape index (κ1) is 18.1. The molecule has 0 aliphatic heterocycles. The Labute approximate surface area is 144 Å². The van der Waals surface area contributed by atoms with E-state index in [2.05, 4.69) is 20.8 Å². The van der Waals surface area contributed by atoms with E-state index in [0.29, 0.717) is 11.1 Å². The van der Waals surface area contributed by atoms with Crippen LogP contribution in [0.25, 0.3) is 11.1 Å². The minimum atomic E-state index is -1.11. The zero-order valence-corrected chi connectivity index (χ0v) is 15.3. The largest absolute Gasteiger partial charge is 0.507 e. The molecular weight excluding hydrogens is 300 g/mol. The normalized spacial score (nSPS) is 12.2. The molecule has 0 aliphatic rings. The van der Waals surface area contributed by atoms with Gasteiger partial charge in [0.15, 0.2) is 0 Å². The second-order valence-corrected chi connectivity index (χ2v) is 8.24. The van der Waals surface area contributed by atoms with Crippen molar-refractivity contribution in [3.8, 4) is 16.9 Å². The van der Waals surface area contributed by atoms with Crippen molar-refractivity contribution >= 4 is 5.97 Å². The van der Waals surface area contributed by atoms with Crippen LogP contribution in [-0.2, 0) is 10.8 Å². The maximum atomic E-state index is 12.0. The van der Waals surface area contributed by atoms with Crippen LogP contribution in [0.4, 0.5) is 0 Å². The van der Waals surface area contributed by atoms with Crippen molar-refractivity contribution in [2.24, 2.45) is 0 Å². The fourth-order valence-electron chi connectivity index (χ4n) is 2.95. The monoisotopic (exact) mass is 326 g/mol. The highest BCUT2D eigenvalue weighted by molar-refractivity contribution is 6.01. The molecule has 0 radical (unpaired) electrons. The van der Waals surface area contributed by atoms with Crippen LogP contribution < -0.4 is 0 Å². The lowest BCUT2D eigenvalue weighted by atomic mass is 9.74. The zero-order chi connectivity index (χ0) is 18.3. The molecule has 24 heavy (non-hydrogen) atoms. The molecule has 0 fully saturated rings. The summed E-state index contributed by atoms with van der Waals surface area (Å²) >= 11 is 0. The third-order valence-electron chi connectivity index (χ3n) is 4.19. The van der Waals surface area contributed by atoms with Crippen molar-refractivity contribution in [3.05, 3.63) is 53.1 Å². The van der Waals surface area contributed by atoms with Crippen LogP contribution in [0, 0.1) is 0 Å². The number of hydrogen-bond acceptors (Lipinski definition) is 2. The first-order chi connectivity index (χ1) is 10.9. The second kappa shape index (κ2) is 5.97. The van der Waals surface area contributed by atoms with Crippen molar-refractivity contribution < 1.29 is 15.0 Å². The van der Waals surface area contributed by atoms with Crippen LogP contribution in [0.5, 0.6) is 5.75 Å². The van der Waals surface area contributed by atoms with Gasteiger partial charge >= 0.3 is 5.97 Å². The lowest BCUT2D eigenvalue weighted by Crippen LogP contribution is -2.20. The Balaban J connectivity index is 3.01. The molecule has 0 saturated carbocycles. The van der Waals surface area contributed by atoms with E-state index >= 15 is 0 Å². The van der Waals surface area contributed by atoms with E-state index in [1.807, 2.05) is 57.2 Å². The van der Waals surface area contributed by atoms with Gasteiger partial charge in [-0.15, -0.1) is 0 Å². The van der Waals surface area contributed by atoms with Crippen LogP contribution in [0.2, 0.25) is 0 Å². The molecule has 0 amide bonds. The topological polar surface area (TPSA) is 57.5 Å². The van der Waals surface area contributed by atoms with Gasteiger partial charge in [-0.3, -0.25) is 0 Å². The number of benzene rings is 2. The van der Waals surface area contributed by atoms with E-state index in [4.69, 9.17) is 0 Å². The van der Waals surface area contributed by atoms with E-state index in [1.165, 1.54) is 0 Å². The van der Waals surface area contributed by atoms with Crippen molar-refractivity contribution in [2.45, 2.75) is 52.4 Å². The summed E-state index contributed by atoms with van der Waals surface area (Å²) in [6.07, 6.45) is 0. The second-order valence-electron chi connectivity index (χ2n) is 8.24. The molecule has 2 N–H and O–H groups in total. The van der Waals surface area contributed by atoms with Gasteiger partial charge in [-0.2, -0.15) is 0 Å². The van der Waals surface area contributed by atoms with E-state index in [9.17, 15) is 15.0 Å². The van der Waals surface area contributed by atoms with E-state index < -0.39 is 5.97 Å². The average Bonchev–Trinajstić information content (AvgIpc) is 2.44. The quantitative estimate of drug-likeness (QED) is 0.782. The van der Waals surface area contributed by atoms with E-state index in [-0.39, 0.29) is 22.1 Å². The minimum absolute atomic E-state index is 0.0152.